The lowest BCUT2D eigenvalue weighted by molar-refractivity contribution is 0.160. The highest BCUT2D eigenvalue weighted by atomic mass is 35.5. The number of rotatable bonds is 4. The zero-order valence-corrected chi connectivity index (χ0v) is 12.5. The maximum absolute atomic E-state index is 6.39. The van der Waals surface area contributed by atoms with E-state index in [1.54, 1.807) is 0 Å². The molecule has 1 aromatic rings. The van der Waals surface area contributed by atoms with Crippen LogP contribution in [0.25, 0.3) is 0 Å². The Bertz CT molecular complexity index is 422. The Labute approximate surface area is 120 Å². The molecule has 3 rings (SSSR count). The Morgan fingerprint density at radius 3 is 2.37 bits per heavy atom. The smallest absolute Gasteiger partial charge is 0.232 e. The van der Waals surface area contributed by atoms with Crippen LogP contribution in [0.3, 0.4) is 0 Å². The minimum Gasteiger partial charge on any atom is -0.339 e. The number of aromatic nitrogens is 2. The van der Waals surface area contributed by atoms with E-state index in [2.05, 4.69) is 17.1 Å². The summed E-state index contributed by atoms with van der Waals surface area (Å²) in [5.74, 6) is 1.60. The van der Waals surface area contributed by atoms with Crippen molar-refractivity contribution in [2.75, 3.05) is 0 Å². The van der Waals surface area contributed by atoms with Crippen LogP contribution in [0, 0.1) is 0 Å². The summed E-state index contributed by atoms with van der Waals surface area (Å²) >= 11 is 0. The van der Waals surface area contributed by atoms with Gasteiger partial charge in [0.05, 0.1) is 5.54 Å². The Morgan fingerprint density at radius 2 is 1.84 bits per heavy atom. The van der Waals surface area contributed by atoms with Gasteiger partial charge in [-0.15, -0.1) is 12.4 Å². The molecule has 0 spiro atoms. The van der Waals surface area contributed by atoms with Gasteiger partial charge >= 0.3 is 0 Å². The average Bonchev–Trinajstić information content (AvgIpc) is 2.93. The minimum absolute atomic E-state index is 0. The average molecular weight is 286 g/mol. The highest BCUT2D eigenvalue weighted by Crippen LogP contribution is 2.47. The van der Waals surface area contributed by atoms with Gasteiger partial charge in [0, 0.05) is 5.41 Å². The molecule has 1 heterocycles. The fourth-order valence-corrected chi connectivity index (χ4v) is 3.52. The Hall–Kier alpha value is -0.610. The van der Waals surface area contributed by atoms with Crippen LogP contribution in [0.15, 0.2) is 4.52 Å². The van der Waals surface area contributed by atoms with Crippen molar-refractivity contribution in [3.8, 4) is 0 Å². The largest absolute Gasteiger partial charge is 0.339 e. The van der Waals surface area contributed by atoms with Crippen LogP contribution in [0.4, 0.5) is 0 Å². The molecule has 108 valence electrons. The van der Waals surface area contributed by atoms with Crippen LogP contribution in [0.1, 0.15) is 76.4 Å². The van der Waals surface area contributed by atoms with Gasteiger partial charge in [-0.2, -0.15) is 4.98 Å². The Morgan fingerprint density at radius 1 is 1.16 bits per heavy atom. The quantitative estimate of drug-likeness (QED) is 0.920. The van der Waals surface area contributed by atoms with Crippen molar-refractivity contribution in [3.05, 3.63) is 11.7 Å². The summed E-state index contributed by atoms with van der Waals surface area (Å²) in [6, 6.07) is 0. The van der Waals surface area contributed by atoms with Crippen LogP contribution in [0.2, 0.25) is 0 Å². The monoisotopic (exact) mass is 285 g/mol. The summed E-state index contributed by atoms with van der Waals surface area (Å²) in [5, 5.41) is 4.19. The second-order valence-electron chi connectivity index (χ2n) is 6.17. The molecular formula is C14H24ClN3O. The first-order valence-corrected chi connectivity index (χ1v) is 7.32. The first-order chi connectivity index (χ1) is 8.69. The highest BCUT2D eigenvalue weighted by Gasteiger charge is 2.44. The van der Waals surface area contributed by atoms with E-state index in [1.807, 2.05) is 0 Å². The van der Waals surface area contributed by atoms with Gasteiger partial charge in [0.25, 0.3) is 0 Å². The van der Waals surface area contributed by atoms with Gasteiger partial charge in [0.15, 0.2) is 5.82 Å². The van der Waals surface area contributed by atoms with Crippen molar-refractivity contribution < 1.29 is 4.52 Å². The van der Waals surface area contributed by atoms with Gasteiger partial charge < -0.3 is 10.3 Å². The number of hydrogen-bond donors (Lipinski definition) is 1. The number of nitrogens with two attached hydrogens (primary N) is 1. The number of nitrogens with zero attached hydrogens (tertiary/aromatic N) is 2. The van der Waals surface area contributed by atoms with Crippen LogP contribution in [-0.4, -0.2) is 10.1 Å². The molecule has 2 N–H and O–H groups in total. The molecular weight excluding hydrogens is 262 g/mol. The molecule has 2 saturated carbocycles. The molecule has 0 radical (unpaired) electrons. The van der Waals surface area contributed by atoms with Crippen molar-refractivity contribution in [1.82, 2.24) is 10.1 Å². The van der Waals surface area contributed by atoms with Crippen molar-refractivity contribution in [2.24, 2.45) is 5.73 Å². The molecule has 0 saturated heterocycles. The third kappa shape index (κ3) is 2.40. The summed E-state index contributed by atoms with van der Waals surface area (Å²) in [5.41, 5.74) is 6.24. The molecule has 0 aliphatic heterocycles. The summed E-state index contributed by atoms with van der Waals surface area (Å²) in [4.78, 5) is 4.67. The molecule has 4 nitrogen and oxygen atoms in total. The second kappa shape index (κ2) is 5.41. The van der Waals surface area contributed by atoms with E-state index in [0.717, 1.165) is 31.0 Å². The topological polar surface area (TPSA) is 64.9 Å². The van der Waals surface area contributed by atoms with E-state index >= 15 is 0 Å². The number of hydrogen-bond acceptors (Lipinski definition) is 4. The first kappa shape index (κ1) is 14.8. The van der Waals surface area contributed by atoms with E-state index < -0.39 is 0 Å². The molecule has 0 aromatic carbocycles. The summed E-state index contributed by atoms with van der Waals surface area (Å²) in [6.07, 6.45) is 10.4. The molecule has 2 aliphatic rings. The van der Waals surface area contributed by atoms with E-state index in [9.17, 15) is 0 Å². The maximum atomic E-state index is 6.39. The predicted octanol–water partition coefficient (Wildman–Crippen LogP) is 3.44. The number of halogens is 1. The zero-order chi connectivity index (χ0) is 12.6. The Kier molecular flexibility index (Phi) is 4.21. The molecule has 2 fully saturated rings. The van der Waals surface area contributed by atoms with Crippen LogP contribution in [0.5, 0.6) is 0 Å². The van der Waals surface area contributed by atoms with Crippen molar-refractivity contribution >= 4 is 12.4 Å². The summed E-state index contributed by atoms with van der Waals surface area (Å²) < 4.78 is 5.56. The zero-order valence-electron chi connectivity index (χ0n) is 11.7. The molecule has 2 aliphatic carbocycles. The fraction of sp³-hybridized carbons (Fsp3) is 0.857. The predicted molar refractivity (Wildman–Crippen MR) is 76.3 cm³/mol. The highest BCUT2D eigenvalue weighted by molar-refractivity contribution is 5.85. The van der Waals surface area contributed by atoms with Crippen LogP contribution >= 0.6 is 12.4 Å². The molecule has 0 atom stereocenters. The fourth-order valence-electron chi connectivity index (χ4n) is 3.52. The molecule has 19 heavy (non-hydrogen) atoms. The Balaban J connectivity index is 0.00000133. The molecule has 0 amide bonds. The van der Waals surface area contributed by atoms with E-state index in [-0.39, 0.29) is 23.4 Å². The second-order valence-corrected chi connectivity index (χ2v) is 6.17. The SMILES string of the molecule is CCCC1(c2nc(C3(N)CCCC3)no2)CCC1.Cl. The normalized spacial score (nSPS) is 23.7. The van der Waals surface area contributed by atoms with E-state index in [4.69, 9.17) is 10.3 Å². The molecule has 0 bridgehead atoms. The maximum Gasteiger partial charge on any atom is 0.232 e. The lowest BCUT2D eigenvalue weighted by Gasteiger charge is -2.38. The molecule has 1 aromatic heterocycles. The molecule has 5 heteroatoms. The lowest BCUT2D eigenvalue weighted by Crippen LogP contribution is -2.36. The minimum atomic E-state index is -0.321. The van der Waals surface area contributed by atoms with Gasteiger partial charge in [-0.25, -0.2) is 0 Å². The van der Waals surface area contributed by atoms with E-state index in [0.29, 0.717) is 0 Å². The van der Waals surface area contributed by atoms with Crippen molar-refractivity contribution in [2.45, 2.75) is 75.7 Å². The summed E-state index contributed by atoms with van der Waals surface area (Å²) in [7, 11) is 0. The third-order valence-electron chi connectivity index (χ3n) is 4.86. The van der Waals surface area contributed by atoms with Gasteiger partial charge in [0.2, 0.25) is 5.89 Å². The van der Waals surface area contributed by atoms with Crippen LogP contribution in [-0.2, 0) is 11.0 Å². The van der Waals surface area contributed by atoms with Gasteiger partial charge in [-0.3, -0.25) is 0 Å². The standard InChI is InChI=1S/C14H23N3O.ClH/c1-2-6-13(7-5-8-13)12-16-11(17-18-12)14(15)9-3-4-10-14;/h2-10,15H2,1H3;1H. The van der Waals surface area contributed by atoms with Gasteiger partial charge in [-0.1, -0.05) is 37.8 Å². The first-order valence-electron chi connectivity index (χ1n) is 7.32. The van der Waals surface area contributed by atoms with Crippen molar-refractivity contribution in [3.63, 3.8) is 0 Å². The lowest BCUT2D eigenvalue weighted by atomic mass is 9.66. The van der Waals surface area contributed by atoms with Gasteiger partial charge in [0.1, 0.15) is 0 Å². The molecule has 0 unspecified atom stereocenters. The third-order valence-corrected chi connectivity index (χ3v) is 4.86. The van der Waals surface area contributed by atoms with Gasteiger partial charge in [-0.05, 0) is 32.1 Å². The van der Waals surface area contributed by atoms with Crippen LogP contribution < -0.4 is 5.73 Å². The summed E-state index contributed by atoms with van der Waals surface area (Å²) in [6.45, 7) is 2.22. The van der Waals surface area contributed by atoms with Crippen molar-refractivity contribution in [1.29, 1.82) is 0 Å². The van der Waals surface area contributed by atoms with E-state index in [1.165, 1.54) is 38.5 Å².